The van der Waals surface area contributed by atoms with Crippen molar-refractivity contribution in [1.29, 1.82) is 0 Å². The Hall–Kier alpha value is -1.23. The normalized spacial score (nSPS) is 10.4. The van der Waals surface area contributed by atoms with Gasteiger partial charge in [0.15, 0.2) is 0 Å². The highest BCUT2D eigenvalue weighted by molar-refractivity contribution is 6.44. The van der Waals surface area contributed by atoms with Gasteiger partial charge in [0, 0.05) is 12.6 Å². The van der Waals surface area contributed by atoms with Gasteiger partial charge in [-0.1, -0.05) is 41.7 Å². The van der Waals surface area contributed by atoms with Crippen LogP contribution >= 0.6 is 34.8 Å². The zero-order chi connectivity index (χ0) is 14.7. The van der Waals surface area contributed by atoms with Crippen molar-refractivity contribution in [2.75, 3.05) is 17.7 Å². The average Bonchev–Trinajstić information content (AvgIpc) is 2.44. The van der Waals surface area contributed by atoms with E-state index in [4.69, 9.17) is 34.8 Å². The third-order valence-electron chi connectivity index (χ3n) is 2.80. The molecule has 0 saturated heterocycles. The van der Waals surface area contributed by atoms with Gasteiger partial charge in [-0.2, -0.15) is 0 Å². The van der Waals surface area contributed by atoms with Crippen molar-refractivity contribution >= 4 is 52.1 Å². The van der Waals surface area contributed by atoms with Gasteiger partial charge in [0.25, 0.3) is 0 Å². The highest BCUT2D eigenvalue weighted by atomic mass is 35.5. The van der Waals surface area contributed by atoms with E-state index in [0.717, 1.165) is 17.8 Å². The van der Waals surface area contributed by atoms with Crippen LogP contribution in [0.2, 0.25) is 15.1 Å². The van der Waals surface area contributed by atoms with Crippen molar-refractivity contribution in [3.63, 3.8) is 0 Å². The largest absolute Gasteiger partial charge is 0.373 e. The Kier molecular flexibility index (Phi) is 4.91. The summed E-state index contributed by atoms with van der Waals surface area (Å²) in [5, 5.41) is 7.53. The van der Waals surface area contributed by atoms with Crippen molar-refractivity contribution < 1.29 is 0 Å². The molecule has 0 fully saturated rings. The topological polar surface area (TPSA) is 49.8 Å². The fourth-order valence-electron chi connectivity index (χ4n) is 1.82. The molecule has 0 atom stereocenters. The summed E-state index contributed by atoms with van der Waals surface area (Å²) in [5.74, 6) is 1.47. The van der Waals surface area contributed by atoms with Crippen molar-refractivity contribution in [1.82, 2.24) is 9.97 Å². The van der Waals surface area contributed by atoms with Gasteiger partial charge in [-0.3, -0.25) is 0 Å². The molecule has 0 aliphatic heterocycles. The zero-order valence-corrected chi connectivity index (χ0v) is 13.2. The molecule has 0 radical (unpaired) electrons. The van der Waals surface area contributed by atoms with E-state index < -0.39 is 0 Å². The maximum Gasteiger partial charge on any atom is 0.139 e. The van der Waals surface area contributed by atoms with E-state index in [2.05, 4.69) is 20.6 Å². The number of anilines is 3. The van der Waals surface area contributed by atoms with E-state index in [0.29, 0.717) is 26.6 Å². The number of halogens is 3. The number of hydrogen-bond donors (Lipinski definition) is 2. The van der Waals surface area contributed by atoms with E-state index in [1.807, 2.05) is 14.0 Å². The second-order valence-electron chi connectivity index (χ2n) is 4.02. The second-order valence-corrected chi connectivity index (χ2v) is 5.25. The first-order valence-corrected chi connectivity index (χ1v) is 7.13. The van der Waals surface area contributed by atoms with Gasteiger partial charge < -0.3 is 10.6 Å². The summed E-state index contributed by atoms with van der Waals surface area (Å²) in [6.45, 7) is 2.03. The van der Waals surface area contributed by atoms with Crippen LogP contribution < -0.4 is 10.6 Å². The Balaban J connectivity index is 2.42. The molecule has 1 aromatic heterocycles. The molecule has 106 valence electrons. The van der Waals surface area contributed by atoms with Crippen LogP contribution in [0.1, 0.15) is 12.5 Å². The number of nitrogens with zero attached hydrogens (tertiary/aromatic N) is 2. The molecule has 2 rings (SSSR count). The number of hydrogen-bond acceptors (Lipinski definition) is 4. The molecule has 7 heteroatoms. The lowest BCUT2D eigenvalue weighted by molar-refractivity contribution is 1.05. The summed E-state index contributed by atoms with van der Waals surface area (Å²) in [6.07, 6.45) is 2.26. The zero-order valence-electron chi connectivity index (χ0n) is 11.0. The van der Waals surface area contributed by atoms with Gasteiger partial charge in [-0.15, -0.1) is 0 Å². The van der Waals surface area contributed by atoms with Crippen LogP contribution in [-0.4, -0.2) is 17.0 Å². The highest BCUT2D eigenvalue weighted by Crippen LogP contribution is 2.34. The van der Waals surface area contributed by atoms with Gasteiger partial charge in [0.1, 0.15) is 18.0 Å². The first kappa shape index (κ1) is 15.2. The predicted molar refractivity (Wildman–Crippen MR) is 85.7 cm³/mol. The van der Waals surface area contributed by atoms with Gasteiger partial charge in [0.2, 0.25) is 0 Å². The lowest BCUT2D eigenvalue weighted by Crippen LogP contribution is -2.05. The van der Waals surface area contributed by atoms with Crippen LogP contribution in [0, 0.1) is 0 Å². The second kappa shape index (κ2) is 6.48. The monoisotopic (exact) mass is 330 g/mol. The van der Waals surface area contributed by atoms with Gasteiger partial charge >= 0.3 is 0 Å². The Morgan fingerprint density at radius 2 is 1.65 bits per heavy atom. The van der Waals surface area contributed by atoms with Crippen LogP contribution in [0.5, 0.6) is 0 Å². The molecule has 1 heterocycles. The Bertz CT molecular complexity index is 631. The standard InChI is InChI=1S/C13H13Cl3N4/c1-3-7-12(17-2)18-6-19-13(7)20-11-5-9(15)8(14)4-10(11)16/h4-6H,3H2,1-2H3,(H2,17,18,19,20). The minimum Gasteiger partial charge on any atom is -0.373 e. The molecular formula is C13H13Cl3N4. The van der Waals surface area contributed by atoms with E-state index in [1.54, 1.807) is 12.1 Å². The van der Waals surface area contributed by atoms with Gasteiger partial charge in [-0.25, -0.2) is 9.97 Å². The summed E-state index contributed by atoms with van der Waals surface area (Å²) >= 11 is 18.1. The molecule has 0 saturated carbocycles. The number of nitrogens with one attached hydrogen (secondary N) is 2. The van der Waals surface area contributed by atoms with Crippen molar-refractivity contribution in [3.8, 4) is 0 Å². The molecule has 2 aromatic rings. The summed E-state index contributed by atoms with van der Waals surface area (Å²) in [7, 11) is 1.82. The minimum absolute atomic E-state index is 0.413. The summed E-state index contributed by atoms with van der Waals surface area (Å²) in [4.78, 5) is 8.43. The number of rotatable bonds is 4. The van der Waals surface area contributed by atoms with Gasteiger partial charge in [0.05, 0.1) is 20.8 Å². The first-order chi connectivity index (χ1) is 9.56. The third kappa shape index (κ3) is 3.08. The fraction of sp³-hybridized carbons (Fsp3) is 0.231. The van der Waals surface area contributed by atoms with Crippen LogP contribution in [0.25, 0.3) is 0 Å². The quantitative estimate of drug-likeness (QED) is 0.791. The SMILES string of the molecule is CCc1c(NC)ncnc1Nc1cc(Cl)c(Cl)cc1Cl. The molecule has 0 spiro atoms. The summed E-state index contributed by atoms with van der Waals surface area (Å²) < 4.78 is 0. The molecule has 1 aromatic carbocycles. The summed E-state index contributed by atoms with van der Waals surface area (Å²) in [5.41, 5.74) is 1.62. The van der Waals surface area contributed by atoms with E-state index >= 15 is 0 Å². The van der Waals surface area contributed by atoms with Crippen molar-refractivity contribution in [3.05, 3.63) is 39.1 Å². The predicted octanol–water partition coefficient (Wildman–Crippen LogP) is 4.78. The molecule has 20 heavy (non-hydrogen) atoms. The Morgan fingerprint density at radius 3 is 2.30 bits per heavy atom. The molecule has 0 bridgehead atoms. The van der Waals surface area contributed by atoms with Crippen LogP contribution in [0.15, 0.2) is 18.5 Å². The molecule has 2 N–H and O–H groups in total. The number of benzene rings is 1. The Morgan fingerprint density at radius 1 is 1.00 bits per heavy atom. The van der Waals surface area contributed by atoms with Crippen LogP contribution in [-0.2, 0) is 6.42 Å². The van der Waals surface area contributed by atoms with Crippen LogP contribution in [0.3, 0.4) is 0 Å². The summed E-state index contributed by atoms with van der Waals surface area (Å²) in [6, 6.07) is 3.27. The molecular weight excluding hydrogens is 319 g/mol. The maximum atomic E-state index is 6.16. The molecule has 0 aliphatic rings. The lowest BCUT2D eigenvalue weighted by atomic mass is 10.2. The molecule has 0 aliphatic carbocycles. The Labute approximate surface area is 132 Å². The highest BCUT2D eigenvalue weighted by Gasteiger charge is 2.12. The van der Waals surface area contributed by atoms with Gasteiger partial charge in [-0.05, 0) is 18.6 Å². The van der Waals surface area contributed by atoms with E-state index in [9.17, 15) is 0 Å². The fourth-order valence-corrected chi connectivity index (χ4v) is 2.41. The maximum absolute atomic E-state index is 6.16. The molecule has 0 amide bonds. The minimum atomic E-state index is 0.413. The smallest absolute Gasteiger partial charge is 0.139 e. The third-order valence-corrected chi connectivity index (χ3v) is 3.83. The first-order valence-electron chi connectivity index (χ1n) is 6.00. The lowest BCUT2D eigenvalue weighted by Gasteiger charge is -2.14. The number of aromatic nitrogens is 2. The average molecular weight is 332 g/mol. The van der Waals surface area contributed by atoms with Crippen LogP contribution in [0.4, 0.5) is 17.3 Å². The van der Waals surface area contributed by atoms with Crippen molar-refractivity contribution in [2.45, 2.75) is 13.3 Å². The molecule has 4 nitrogen and oxygen atoms in total. The van der Waals surface area contributed by atoms with E-state index in [-0.39, 0.29) is 0 Å². The molecule has 0 unspecified atom stereocenters. The van der Waals surface area contributed by atoms with Crippen molar-refractivity contribution in [2.24, 2.45) is 0 Å². The van der Waals surface area contributed by atoms with E-state index in [1.165, 1.54) is 6.33 Å².